The number of nitrogens with one attached hydrogen (secondary N) is 1. The summed E-state index contributed by atoms with van der Waals surface area (Å²) in [5, 5.41) is 4.89. The summed E-state index contributed by atoms with van der Waals surface area (Å²) >= 11 is 8.30. The fourth-order valence-electron chi connectivity index (χ4n) is 5.69. The van der Waals surface area contributed by atoms with Gasteiger partial charge in [0, 0.05) is 52.7 Å². The van der Waals surface area contributed by atoms with Crippen LogP contribution in [0.25, 0.3) is 21.2 Å². The lowest BCUT2D eigenvalue weighted by atomic mass is 9.89. The summed E-state index contributed by atoms with van der Waals surface area (Å²) in [6, 6.07) is 23.3. The van der Waals surface area contributed by atoms with Crippen molar-refractivity contribution in [1.29, 1.82) is 0 Å². The first-order valence-electron chi connectivity index (χ1n) is 14.1. The fourth-order valence-corrected chi connectivity index (χ4v) is 7.16. The normalized spacial score (nSPS) is 16.9. The number of thiophene rings is 1. The average molecular weight is 588 g/mol. The van der Waals surface area contributed by atoms with Gasteiger partial charge in [0.25, 0.3) is 5.91 Å². The van der Waals surface area contributed by atoms with Crippen LogP contribution in [0.3, 0.4) is 0 Å². The second kappa shape index (κ2) is 12.7. The predicted molar refractivity (Wildman–Crippen MR) is 173 cm³/mol. The molecule has 214 valence electrons. The Hall–Kier alpha value is -3.32. The number of amides is 1. The first kappa shape index (κ1) is 29.2. The molecule has 41 heavy (non-hydrogen) atoms. The topological polar surface area (TPSA) is 44.8 Å². The molecule has 1 aliphatic carbocycles. The van der Waals surface area contributed by atoms with Gasteiger partial charge in [-0.2, -0.15) is 0 Å². The standard InChI is InChI=1S/C34H38ClN3O2S/c1-22(2)37(4)27-15-10-23(11-16-27)24-12-19-30(40-5)25(20-24)21-38(28-17-13-26(36-3)14-18-28)34(39)33-32(35)29-8-6-7-9-31(29)41-33/h6-12,15-16,19-20,26,28,36H,1,13-14,17-18,21H2,2-5H3. The van der Waals surface area contributed by atoms with Crippen LogP contribution in [0.15, 0.2) is 79.0 Å². The SMILES string of the molecule is C=C(C)N(C)c1ccc(-c2ccc(OC)c(CN(C(=O)c3sc4ccccc4c3Cl)C3CCC(NC)CC3)c2)cc1. The van der Waals surface area contributed by atoms with E-state index in [1.807, 2.05) is 56.3 Å². The molecule has 1 aliphatic rings. The minimum absolute atomic E-state index is 0.0104. The average Bonchev–Trinajstić information content (AvgIpc) is 3.35. The van der Waals surface area contributed by atoms with Crippen molar-refractivity contribution in [3.8, 4) is 16.9 Å². The van der Waals surface area contributed by atoms with Gasteiger partial charge in [-0.15, -0.1) is 11.3 Å². The van der Waals surface area contributed by atoms with Crippen molar-refractivity contribution >= 4 is 44.6 Å². The molecule has 0 bridgehead atoms. The number of fused-ring (bicyclic) bond motifs is 1. The van der Waals surface area contributed by atoms with Crippen LogP contribution in [0.5, 0.6) is 5.75 Å². The van der Waals surface area contributed by atoms with E-state index < -0.39 is 0 Å². The molecule has 7 heteroatoms. The Balaban J connectivity index is 1.50. The highest BCUT2D eigenvalue weighted by atomic mass is 35.5. The van der Waals surface area contributed by atoms with Gasteiger partial charge in [-0.3, -0.25) is 4.79 Å². The summed E-state index contributed by atoms with van der Waals surface area (Å²) in [6.07, 6.45) is 3.96. The number of allylic oxidation sites excluding steroid dienone is 1. The molecule has 4 aromatic rings. The van der Waals surface area contributed by atoms with E-state index in [0.29, 0.717) is 22.5 Å². The molecule has 1 amide bonds. The Morgan fingerprint density at radius 3 is 2.37 bits per heavy atom. The van der Waals surface area contributed by atoms with Gasteiger partial charge in [-0.05, 0) is 81.1 Å². The second-order valence-electron chi connectivity index (χ2n) is 10.8. The van der Waals surface area contributed by atoms with Crippen molar-refractivity contribution in [2.24, 2.45) is 0 Å². The maximum atomic E-state index is 14.3. The van der Waals surface area contributed by atoms with Gasteiger partial charge in [-0.25, -0.2) is 0 Å². The van der Waals surface area contributed by atoms with Gasteiger partial charge in [-0.1, -0.05) is 54.6 Å². The van der Waals surface area contributed by atoms with E-state index in [2.05, 4.69) is 53.2 Å². The molecule has 3 aromatic carbocycles. The van der Waals surface area contributed by atoms with Crippen LogP contribution in [-0.2, 0) is 6.54 Å². The number of nitrogens with zero attached hydrogens (tertiary/aromatic N) is 2. The molecule has 0 saturated heterocycles. The lowest BCUT2D eigenvalue weighted by Gasteiger charge is -2.37. The maximum Gasteiger partial charge on any atom is 0.266 e. The number of ether oxygens (including phenoxy) is 1. The van der Waals surface area contributed by atoms with Gasteiger partial charge >= 0.3 is 0 Å². The Labute approximate surface area is 252 Å². The van der Waals surface area contributed by atoms with Gasteiger partial charge in [0.2, 0.25) is 0 Å². The van der Waals surface area contributed by atoms with Gasteiger partial charge < -0.3 is 19.9 Å². The number of rotatable bonds is 9. The monoisotopic (exact) mass is 587 g/mol. The lowest BCUT2D eigenvalue weighted by molar-refractivity contribution is 0.0604. The lowest BCUT2D eigenvalue weighted by Crippen LogP contribution is -2.44. The minimum Gasteiger partial charge on any atom is -0.496 e. The number of hydrogen-bond acceptors (Lipinski definition) is 5. The van der Waals surface area contributed by atoms with E-state index in [-0.39, 0.29) is 11.9 Å². The molecular weight excluding hydrogens is 550 g/mol. The summed E-state index contributed by atoms with van der Waals surface area (Å²) in [4.78, 5) is 19.0. The number of anilines is 1. The van der Waals surface area contributed by atoms with Gasteiger partial charge in [0.1, 0.15) is 10.6 Å². The first-order chi connectivity index (χ1) is 19.8. The zero-order valence-corrected chi connectivity index (χ0v) is 25.8. The molecule has 0 atom stereocenters. The molecule has 1 aromatic heterocycles. The predicted octanol–water partition coefficient (Wildman–Crippen LogP) is 8.37. The zero-order valence-electron chi connectivity index (χ0n) is 24.2. The summed E-state index contributed by atoms with van der Waals surface area (Å²) in [5.74, 6) is 0.764. The van der Waals surface area contributed by atoms with Crippen LogP contribution in [0, 0.1) is 0 Å². The molecule has 5 rings (SSSR count). The van der Waals surface area contributed by atoms with Crippen molar-refractivity contribution in [3.05, 3.63) is 94.5 Å². The first-order valence-corrected chi connectivity index (χ1v) is 15.3. The Morgan fingerprint density at radius 2 is 1.73 bits per heavy atom. The van der Waals surface area contributed by atoms with Crippen LogP contribution in [0.4, 0.5) is 5.69 Å². The molecule has 0 aliphatic heterocycles. The molecule has 5 nitrogen and oxygen atoms in total. The van der Waals surface area contributed by atoms with Crippen LogP contribution >= 0.6 is 22.9 Å². The van der Waals surface area contributed by atoms with Crippen molar-refractivity contribution in [2.45, 2.75) is 51.2 Å². The fraction of sp³-hybridized carbons (Fsp3) is 0.324. The molecule has 1 N–H and O–H groups in total. The molecule has 1 heterocycles. The van der Waals surface area contributed by atoms with Gasteiger partial charge in [0.05, 0.1) is 12.1 Å². The Bertz CT molecular complexity index is 1540. The highest BCUT2D eigenvalue weighted by Gasteiger charge is 2.32. The third-order valence-corrected chi connectivity index (χ3v) is 9.98. The van der Waals surface area contributed by atoms with E-state index >= 15 is 0 Å². The minimum atomic E-state index is -0.0104. The number of carbonyl (C=O) groups excluding carboxylic acids is 1. The number of halogens is 1. The summed E-state index contributed by atoms with van der Waals surface area (Å²) in [6.45, 7) is 6.48. The van der Waals surface area contributed by atoms with Crippen LogP contribution in [0.2, 0.25) is 5.02 Å². The molecule has 1 saturated carbocycles. The van der Waals surface area contributed by atoms with E-state index in [1.165, 1.54) is 11.3 Å². The highest BCUT2D eigenvalue weighted by molar-refractivity contribution is 7.21. The second-order valence-corrected chi connectivity index (χ2v) is 12.3. The highest BCUT2D eigenvalue weighted by Crippen LogP contribution is 2.38. The summed E-state index contributed by atoms with van der Waals surface area (Å²) in [5.41, 5.74) is 5.24. The van der Waals surface area contributed by atoms with Crippen molar-refractivity contribution in [2.75, 3.05) is 26.1 Å². The van der Waals surface area contributed by atoms with E-state index in [4.69, 9.17) is 16.3 Å². The maximum absolute atomic E-state index is 14.3. The van der Waals surface area contributed by atoms with Crippen molar-refractivity contribution in [3.63, 3.8) is 0 Å². The quantitative estimate of drug-likeness (QED) is 0.214. The molecular formula is C34H38ClN3O2S. The van der Waals surface area contributed by atoms with E-state index in [0.717, 1.165) is 69.6 Å². The van der Waals surface area contributed by atoms with Crippen LogP contribution in [0.1, 0.15) is 47.8 Å². The number of hydrogen-bond donors (Lipinski definition) is 1. The zero-order chi connectivity index (χ0) is 29.1. The summed E-state index contributed by atoms with van der Waals surface area (Å²) < 4.78 is 6.83. The van der Waals surface area contributed by atoms with Crippen molar-refractivity contribution in [1.82, 2.24) is 10.2 Å². The largest absolute Gasteiger partial charge is 0.496 e. The third kappa shape index (κ3) is 6.15. The number of carbonyl (C=O) groups is 1. The number of benzene rings is 3. The molecule has 0 unspecified atom stereocenters. The van der Waals surface area contributed by atoms with Crippen LogP contribution in [-0.4, -0.2) is 44.1 Å². The van der Waals surface area contributed by atoms with Crippen LogP contribution < -0.4 is 15.0 Å². The molecule has 0 spiro atoms. The molecule has 0 radical (unpaired) electrons. The van der Waals surface area contributed by atoms with Gasteiger partial charge in [0.15, 0.2) is 0 Å². The Morgan fingerprint density at radius 1 is 1.05 bits per heavy atom. The summed E-state index contributed by atoms with van der Waals surface area (Å²) in [7, 11) is 5.72. The van der Waals surface area contributed by atoms with Crippen molar-refractivity contribution < 1.29 is 9.53 Å². The molecule has 1 fully saturated rings. The smallest absolute Gasteiger partial charge is 0.266 e. The third-order valence-electron chi connectivity index (χ3n) is 8.32. The Kier molecular flexibility index (Phi) is 9.03. The van der Waals surface area contributed by atoms with E-state index in [9.17, 15) is 4.79 Å². The van der Waals surface area contributed by atoms with E-state index in [1.54, 1.807) is 7.11 Å². The number of methoxy groups -OCH3 is 1.